The summed E-state index contributed by atoms with van der Waals surface area (Å²) in [6.45, 7) is 2.55. The lowest BCUT2D eigenvalue weighted by molar-refractivity contribution is -0.136. The van der Waals surface area contributed by atoms with Crippen molar-refractivity contribution in [1.82, 2.24) is 0 Å². The minimum Gasteiger partial charge on any atom is -0.496 e. The standard InChI is InChI=1S/C18H20INO6S/c1-9-12-8-25-18(22)14(12)16(24-5-6-27-19)11(15(9)23-2)4-3-10-7-13(20)17(21)26-10/h3,13H,4-8,20H2,1-2H3/b10-3-. The highest BCUT2D eigenvalue weighted by molar-refractivity contribution is 14.2. The molecule has 0 saturated carbocycles. The van der Waals surface area contributed by atoms with E-state index in [0.717, 1.165) is 22.4 Å². The lowest BCUT2D eigenvalue weighted by Crippen LogP contribution is -2.24. The zero-order valence-corrected chi connectivity index (χ0v) is 18.0. The molecular formula is C18H20INO6S. The van der Waals surface area contributed by atoms with Crippen LogP contribution >= 0.6 is 30.1 Å². The van der Waals surface area contributed by atoms with E-state index in [4.69, 9.17) is 24.7 Å². The molecule has 0 amide bonds. The number of esters is 2. The molecule has 9 heteroatoms. The van der Waals surface area contributed by atoms with Gasteiger partial charge in [-0.3, -0.25) is 0 Å². The number of halogens is 1. The maximum Gasteiger partial charge on any atom is 0.342 e. The van der Waals surface area contributed by atoms with Gasteiger partial charge in [-0.15, -0.1) is 0 Å². The number of benzene rings is 1. The van der Waals surface area contributed by atoms with Gasteiger partial charge in [0.1, 0.15) is 35.5 Å². The molecule has 27 heavy (non-hydrogen) atoms. The Labute approximate surface area is 173 Å². The summed E-state index contributed by atoms with van der Waals surface area (Å²) in [5.74, 6) is 1.59. The zero-order chi connectivity index (χ0) is 19.6. The lowest BCUT2D eigenvalue weighted by Gasteiger charge is -2.19. The van der Waals surface area contributed by atoms with Gasteiger partial charge < -0.3 is 24.7 Å². The quantitative estimate of drug-likeness (QED) is 0.344. The number of nitrogens with two attached hydrogens (primary N) is 1. The Bertz CT molecular complexity index is 810. The Morgan fingerprint density at radius 1 is 1.37 bits per heavy atom. The van der Waals surface area contributed by atoms with Crippen LogP contribution in [0.2, 0.25) is 0 Å². The maximum absolute atomic E-state index is 12.3. The number of allylic oxidation sites excluding steroid dienone is 1. The second kappa shape index (κ2) is 8.70. The molecule has 0 spiro atoms. The maximum atomic E-state index is 12.3. The van der Waals surface area contributed by atoms with Gasteiger partial charge in [0.25, 0.3) is 0 Å². The normalized spacial score (nSPS) is 19.9. The molecule has 1 fully saturated rings. The van der Waals surface area contributed by atoms with Crippen LogP contribution in [0.15, 0.2) is 11.8 Å². The van der Waals surface area contributed by atoms with E-state index < -0.39 is 18.0 Å². The van der Waals surface area contributed by atoms with E-state index in [-0.39, 0.29) is 6.61 Å². The summed E-state index contributed by atoms with van der Waals surface area (Å²) in [5.41, 5.74) is 8.52. The van der Waals surface area contributed by atoms with Crippen molar-refractivity contribution in [2.75, 3.05) is 19.5 Å². The van der Waals surface area contributed by atoms with Gasteiger partial charge in [0.2, 0.25) is 0 Å². The van der Waals surface area contributed by atoms with Gasteiger partial charge in [-0.2, -0.15) is 0 Å². The van der Waals surface area contributed by atoms with Gasteiger partial charge in [-0.25, -0.2) is 9.59 Å². The average molecular weight is 505 g/mol. The van der Waals surface area contributed by atoms with Crippen molar-refractivity contribution in [3.05, 3.63) is 34.1 Å². The predicted molar refractivity (Wildman–Crippen MR) is 109 cm³/mol. The first-order chi connectivity index (χ1) is 13.0. The molecule has 0 bridgehead atoms. The highest BCUT2D eigenvalue weighted by Crippen LogP contribution is 2.43. The summed E-state index contributed by atoms with van der Waals surface area (Å²) < 4.78 is 22.0. The summed E-state index contributed by atoms with van der Waals surface area (Å²) in [4.78, 5) is 23.8. The third-order valence-corrected chi connectivity index (χ3v) is 6.16. The number of carbonyl (C=O) groups is 2. The average Bonchev–Trinajstić information content (AvgIpc) is 3.18. The number of ether oxygens (including phenoxy) is 4. The number of hydrogen-bond acceptors (Lipinski definition) is 8. The number of cyclic esters (lactones) is 2. The van der Waals surface area contributed by atoms with Crippen molar-refractivity contribution < 1.29 is 28.5 Å². The highest BCUT2D eigenvalue weighted by Gasteiger charge is 2.33. The van der Waals surface area contributed by atoms with Gasteiger partial charge in [0.05, 0.1) is 13.7 Å². The first-order valence-electron chi connectivity index (χ1n) is 8.40. The van der Waals surface area contributed by atoms with Crippen LogP contribution in [-0.2, 0) is 27.3 Å². The molecule has 2 heterocycles. The van der Waals surface area contributed by atoms with Gasteiger partial charge >= 0.3 is 11.9 Å². The van der Waals surface area contributed by atoms with E-state index in [9.17, 15) is 9.59 Å². The van der Waals surface area contributed by atoms with Gasteiger partial charge in [0, 0.05) is 29.7 Å². The Kier molecular flexibility index (Phi) is 6.53. The molecule has 1 saturated heterocycles. The number of fused-ring (bicyclic) bond motifs is 1. The van der Waals surface area contributed by atoms with E-state index >= 15 is 0 Å². The predicted octanol–water partition coefficient (Wildman–Crippen LogP) is 2.84. The van der Waals surface area contributed by atoms with Crippen LogP contribution in [0.1, 0.15) is 33.5 Å². The Balaban J connectivity index is 2.03. The van der Waals surface area contributed by atoms with Crippen molar-refractivity contribution in [2.24, 2.45) is 5.73 Å². The smallest absolute Gasteiger partial charge is 0.342 e. The number of carbonyl (C=O) groups excluding carboxylic acids is 2. The zero-order valence-electron chi connectivity index (χ0n) is 15.0. The Morgan fingerprint density at radius 3 is 2.78 bits per heavy atom. The van der Waals surface area contributed by atoms with Gasteiger partial charge in [-0.05, 0) is 39.8 Å². The lowest BCUT2D eigenvalue weighted by atomic mass is 9.95. The molecule has 2 aliphatic heterocycles. The summed E-state index contributed by atoms with van der Waals surface area (Å²) in [6, 6.07) is -0.633. The minimum absolute atomic E-state index is 0.210. The molecule has 146 valence electrons. The Hall–Kier alpha value is -1.46. The largest absolute Gasteiger partial charge is 0.496 e. The summed E-state index contributed by atoms with van der Waals surface area (Å²) >= 11 is 2.20. The van der Waals surface area contributed by atoms with Crippen molar-refractivity contribution in [1.29, 1.82) is 0 Å². The SMILES string of the molecule is COc1c(C)c2c(c(OCCSI)c1C/C=C1/CC(N)C(=O)O1)C(=O)OC2. The van der Waals surface area contributed by atoms with Gasteiger partial charge in [0.15, 0.2) is 0 Å². The van der Waals surface area contributed by atoms with Crippen LogP contribution in [0, 0.1) is 6.92 Å². The molecule has 1 atom stereocenters. The molecule has 7 nitrogen and oxygen atoms in total. The van der Waals surface area contributed by atoms with E-state index in [1.54, 1.807) is 22.1 Å². The number of rotatable bonds is 7. The second-order valence-corrected chi connectivity index (χ2v) is 8.66. The topological polar surface area (TPSA) is 97.1 Å². The van der Waals surface area contributed by atoms with E-state index in [1.165, 1.54) is 0 Å². The minimum atomic E-state index is -0.633. The first-order valence-corrected chi connectivity index (χ1v) is 11.9. The van der Waals surface area contributed by atoms with Crippen molar-refractivity contribution >= 4 is 42.1 Å². The third-order valence-electron chi connectivity index (χ3n) is 4.52. The molecule has 1 aromatic rings. The summed E-state index contributed by atoms with van der Waals surface area (Å²) in [7, 11) is 3.20. The fourth-order valence-corrected chi connectivity index (χ4v) is 3.92. The van der Waals surface area contributed by atoms with Crippen LogP contribution in [0.5, 0.6) is 11.5 Å². The number of hydrogen-bond donors (Lipinski definition) is 1. The molecule has 1 unspecified atom stereocenters. The van der Waals surface area contributed by atoms with Crippen LogP contribution in [0.25, 0.3) is 0 Å². The van der Waals surface area contributed by atoms with Crippen molar-refractivity contribution in [3.8, 4) is 11.5 Å². The van der Waals surface area contributed by atoms with Crippen LogP contribution in [0.4, 0.5) is 0 Å². The molecule has 3 rings (SSSR count). The van der Waals surface area contributed by atoms with Crippen molar-refractivity contribution in [3.63, 3.8) is 0 Å². The van der Waals surface area contributed by atoms with E-state index in [1.807, 2.05) is 6.92 Å². The molecule has 1 aromatic carbocycles. The van der Waals surface area contributed by atoms with Crippen LogP contribution < -0.4 is 15.2 Å². The monoisotopic (exact) mass is 505 g/mol. The molecule has 2 N–H and O–H groups in total. The third kappa shape index (κ3) is 4.04. The molecule has 0 radical (unpaired) electrons. The summed E-state index contributed by atoms with van der Waals surface area (Å²) in [5, 5.41) is 0. The van der Waals surface area contributed by atoms with Crippen LogP contribution in [0.3, 0.4) is 0 Å². The number of methoxy groups -OCH3 is 1. The molecule has 0 aromatic heterocycles. The summed E-state index contributed by atoms with van der Waals surface area (Å²) in [6.07, 6.45) is 2.52. The van der Waals surface area contributed by atoms with Crippen LogP contribution in [-0.4, -0.2) is 37.4 Å². The fourth-order valence-electron chi connectivity index (χ4n) is 3.23. The first kappa shape index (κ1) is 20.3. The highest BCUT2D eigenvalue weighted by atomic mass is 127. The van der Waals surface area contributed by atoms with E-state index in [2.05, 4.69) is 21.2 Å². The molecular weight excluding hydrogens is 485 g/mol. The molecule has 2 aliphatic rings. The Morgan fingerprint density at radius 2 is 2.15 bits per heavy atom. The van der Waals surface area contributed by atoms with Gasteiger partial charge in [-0.1, -0.05) is 8.93 Å². The van der Waals surface area contributed by atoms with Crippen molar-refractivity contribution in [2.45, 2.75) is 32.4 Å². The second-order valence-electron chi connectivity index (χ2n) is 6.16. The fraction of sp³-hybridized carbons (Fsp3) is 0.444. The van der Waals surface area contributed by atoms with E-state index in [0.29, 0.717) is 42.3 Å². The molecule has 0 aliphatic carbocycles.